The van der Waals surface area contributed by atoms with Crippen molar-refractivity contribution in [1.82, 2.24) is 4.98 Å². The quantitative estimate of drug-likeness (QED) is 0.577. The third kappa shape index (κ3) is 5.02. The van der Waals surface area contributed by atoms with Gasteiger partial charge in [-0.15, -0.1) is 11.3 Å². The van der Waals surface area contributed by atoms with E-state index < -0.39 is 17.7 Å². The number of benzene rings is 1. The van der Waals surface area contributed by atoms with Gasteiger partial charge >= 0.3 is 5.97 Å². The lowest BCUT2D eigenvalue weighted by atomic mass is 10.1. The molecule has 2 aromatic rings. The second-order valence-electron chi connectivity index (χ2n) is 7.01. The highest BCUT2D eigenvalue weighted by Gasteiger charge is 2.20. The van der Waals surface area contributed by atoms with Crippen LogP contribution in [0, 0.1) is 0 Å². The van der Waals surface area contributed by atoms with Crippen LogP contribution in [-0.4, -0.2) is 34.6 Å². The van der Waals surface area contributed by atoms with E-state index in [1.54, 1.807) is 40.0 Å². The zero-order valence-corrected chi connectivity index (χ0v) is 16.6. The van der Waals surface area contributed by atoms with Crippen LogP contribution >= 0.6 is 11.3 Å². The molecule has 0 spiro atoms. The van der Waals surface area contributed by atoms with Gasteiger partial charge in [-0.2, -0.15) is 0 Å². The third-order valence-electron chi connectivity index (χ3n) is 3.70. The largest absolute Gasteiger partial charge is 0.496 e. The van der Waals surface area contributed by atoms with E-state index in [9.17, 15) is 14.7 Å². The lowest BCUT2D eigenvalue weighted by Gasteiger charge is -2.19. The highest BCUT2D eigenvalue weighted by Crippen LogP contribution is 2.34. The molecule has 1 aromatic heterocycles. The van der Waals surface area contributed by atoms with E-state index in [0.717, 1.165) is 4.70 Å². The predicted molar refractivity (Wildman–Crippen MR) is 101 cm³/mol. The van der Waals surface area contributed by atoms with Crippen LogP contribution in [0.2, 0.25) is 0 Å². The van der Waals surface area contributed by atoms with Crippen molar-refractivity contribution >= 4 is 33.3 Å². The first-order chi connectivity index (χ1) is 12.1. The molecule has 1 heterocycles. The van der Waals surface area contributed by atoms with E-state index in [1.165, 1.54) is 11.3 Å². The average Bonchev–Trinajstić information content (AvgIpc) is 2.99. The number of ether oxygens (including phenoxy) is 2. The molecule has 26 heavy (non-hydrogen) atoms. The number of esters is 1. The number of aliphatic hydroxyl groups is 1. The third-order valence-corrected chi connectivity index (χ3v) is 4.76. The summed E-state index contributed by atoms with van der Waals surface area (Å²) in [6.07, 6.45) is -0.0264. The molecule has 142 valence electrons. The number of Topliss-reactive ketones (excluding diaryl/α,β-unsaturated/α-hetero) is 1. The van der Waals surface area contributed by atoms with Crippen molar-refractivity contribution in [2.45, 2.75) is 58.7 Å². The average molecular weight is 379 g/mol. The Morgan fingerprint density at radius 1 is 1.27 bits per heavy atom. The molecular weight excluding hydrogens is 354 g/mol. The van der Waals surface area contributed by atoms with E-state index in [-0.39, 0.29) is 18.6 Å². The molecule has 6 nitrogen and oxygen atoms in total. The molecule has 0 amide bonds. The molecule has 7 heteroatoms. The Morgan fingerprint density at radius 3 is 2.54 bits per heavy atom. The molecule has 1 N–H and O–H groups in total. The van der Waals surface area contributed by atoms with Gasteiger partial charge in [-0.1, -0.05) is 6.92 Å². The lowest BCUT2D eigenvalue weighted by Crippen LogP contribution is -2.24. The molecule has 0 aliphatic carbocycles. The van der Waals surface area contributed by atoms with E-state index >= 15 is 0 Å². The number of thiazole rings is 1. The number of hydrogen-bond donors (Lipinski definition) is 1. The molecule has 1 unspecified atom stereocenters. The smallest absolute Gasteiger partial charge is 0.306 e. The first kappa shape index (κ1) is 20.3. The lowest BCUT2D eigenvalue weighted by molar-refractivity contribution is -0.154. The topological polar surface area (TPSA) is 85.7 Å². The number of carbonyl (C=O) groups excluding carboxylic acids is 2. The summed E-state index contributed by atoms with van der Waals surface area (Å²) in [4.78, 5) is 28.5. The minimum absolute atomic E-state index is 0.0230. The molecule has 0 bridgehead atoms. The summed E-state index contributed by atoms with van der Waals surface area (Å²) < 4.78 is 11.4. The number of fused-ring (bicyclic) bond motifs is 1. The van der Waals surface area contributed by atoms with Crippen LogP contribution in [0.1, 0.15) is 68.4 Å². The molecule has 0 radical (unpaired) electrons. The standard InChI is InChI=1S/C19H25NO5S/c1-6-13(21)11-9-12-16(10-15(11)24-5)26-18(20-12)14(22)7-8-17(23)25-19(2,3)4/h9-10,13,21H,6-8H2,1-5H3. The van der Waals surface area contributed by atoms with Crippen molar-refractivity contribution in [3.8, 4) is 5.75 Å². The van der Waals surface area contributed by atoms with Crippen LogP contribution in [-0.2, 0) is 9.53 Å². The van der Waals surface area contributed by atoms with Crippen molar-refractivity contribution in [3.63, 3.8) is 0 Å². The van der Waals surface area contributed by atoms with E-state index in [4.69, 9.17) is 9.47 Å². The molecule has 0 aliphatic heterocycles. The fourth-order valence-electron chi connectivity index (χ4n) is 2.46. The van der Waals surface area contributed by atoms with Crippen molar-refractivity contribution in [2.75, 3.05) is 7.11 Å². The number of aliphatic hydroxyl groups excluding tert-OH is 1. The summed E-state index contributed by atoms with van der Waals surface area (Å²) >= 11 is 1.25. The van der Waals surface area contributed by atoms with Crippen LogP contribution in [0.5, 0.6) is 5.75 Å². The van der Waals surface area contributed by atoms with Gasteiger partial charge in [0, 0.05) is 12.0 Å². The van der Waals surface area contributed by atoms with Crippen molar-refractivity contribution in [3.05, 3.63) is 22.7 Å². The number of methoxy groups -OCH3 is 1. The molecule has 0 saturated carbocycles. The highest BCUT2D eigenvalue weighted by atomic mass is 32.1. The second-order valence-corrected chi connectivity index (χ2v) is 8.05. The Bertz CT molecular complexity index is 806. The Labute approximate surface area is 157 Å². The number of rotatable bonds is 7. The number of hydrogen-bond acceptors (Lipinski definition) is 7. The fourth-order valence-corrected chi connectivity index (χ4v) is 3.41. The minimum Gasteiger partial charge on any atom is -0.496 e. The Balaban J connectivity index is 2.17. The Hall–Kier alpha value is -1.99. The van der Waals surface area contributed by atoms with E-state index in [2.05, 4.69) is 4.98 Å². The normalized spacial score (nSPS) is 12.8. The van der Waals surface area contributed by atoms with Crippen LogP contribution in [0.4, 0.5) is 0 Å². The van der Waals surface area contributed by atoms with Crippen LogP contribution in [0.15, 0.2) is 12.1 Å². The summed E-state index contributed by atoms with van der Waals surface area (Å²) in [5.74, 6) is -0.0288. The summed E-state index contributed by atoms with van der Waals surface area (Å²) in [6.45, 7) is 7.24. The maximum absolute atomic E-state index is 12.4. The first-order valence-electron chi connectivity index (χ1n) is 8.56. The fraction of sp³-hybridized carbons (Fsp3) is 0.526. The minimum atomic E-state index is -0.651. The summed E-state index contributed by atoms with van der Waals surface area (Å²) in [5.41, 5.74) is 0.725. The number of carbonyl (C=O) groups is 2. The maximum atomic E-state index is 12.4. The molecular formula is C19H25NO5S. The van der Waals surface area contributed by atoms with Crippen molar-refractivity contribution in [1.29, 1.82) is 0 Å². The van der Waals surface area contributed by atoms with Gasteiger partial charge in [-0.25, -0.2) is 4.98 Å². The van der Waals surface area contributed by atoms with Gasteiger partial charge in [0.15, 0.2) is 10.8 Å². The van der Waals surface area contributed by atoms with Crippen molar-refractivity contribution < 1.29 is 24.2 Å². The maximum Gasteiger partial charge on any atom is 0.306 e. The zero-order chi connectivity index (χ0) is 19.5. The van der Waals surface area contributed by atoms with Gasteiger partial charge in [0.2, 0.25) is 0 Å². The Morgan fingerprint density at radius 2 is 1.96 bits per heavy atom. The second kappa shape index (κ2) is 8.14. The molecule has 0 aliphatic rings. The van der Waals surface area contributed by atoms with Gasteiger partial charge in [-0.05, 0) is 39.3 Å². The SMILES string of the molecule is CCC(O)c1cc2nc(C(=O)CCC(=O)OC(C)(C)C)sc2cc1OC. The highest BCUT2D eigenvalue weighted by molar-refractivity contribution is 7.20. The number of aromatic nitrogens is 1. The summed E-state index contributed by atoms with van der Waals surface area (Å²) in [5, 5.41) is 10.5. The van der Waals surface area contributed by atoms with Gasteiger partial charge in [0.05, 0.1) is 29.9 Å². The van der Waals surface area contributed by atoms with Gasteiger partial charge in [0.25, 0.3) is 0 Å². The van der Waals surface area contributed by atoms with E-state index in [0.29, 0.717) is 28.3 Å². The van der Waals surface area contributed by atoms with Crippen molar-refractivity contribution in [2.24, 2.45) is 0 Å². The molecule has 1 atom stereocenters. The predicted octanol–water partition coefficient (Wildman–Crippen LogP) is 4.05. The van der Waals surface area contributed by atoms with Crippen LogP contribution in [0.3, 0.4) is 0 Å². The van der Waals surface area contributed by atoms with Gasteiger partial charge in [-0.3, -0.25) is 9.59 Å². The van der Waals surface area contributed by atoms with Crippen LogP contribution in [0.25, 0.3) is 10.2 Å². The molecule has 2 rings (SSSR count). The zero-order valence-electron chi connectivity index (χ0n) is 15.8. The number of nitrogens with zero attached hydrogens (tertiary/aromatic N) is 1. The molecule has 0 fully saturated rings. The van der Waals surface area contributed by atoms with Gasteiger partial charge < -0.3 is 14.6 Å². The summed E-state index contributed by atoms with van der Waals surface area (Å²) in [6, 6.07) is 3.54. The number of ketones is 1. The molecule has 0 saturated heterocycles. The first-order valence-corrected chi connectivity index (χ1v) is 9.37. The van der Waals surface area contributed by atoms with E-state index in [1.807, 2.05) is 6.92 Å². The summed E-state index contributed by atoms with van der Waals surface area (Å²) in [7, 11) is 1.54. The monoisotopic (exact) mass is 379 g/mol. The van der Waals surface area contributed by atoms with Gasteiger partial charge in [0.1, 0.15) is 11.4 Å². The Kier molecular flexibility index (Phi) is 6.36. The van der Waals surface area contributed by atoms with Crippen LogP contribution < -0.4 is 4.74 Å². The molecule has 1 aromatic carbocycles.